The van der Waals surface area contributed by atoms with Crippen molar-refractivity contribution in [3.05, 3.63) is 11.8 Å². The number of aromatic nitrogens is 2. The van der Waals surface area contributed by atoms with Crippen molar-refractivity contribution >= 4 is 17.7 Å². The van der Waals surface area contributed by atoms with Gasteiger partial charge < -0.3 is 5.11 Å². The fraction of sp³-hybridized carbons (Fsp3) is 0.636. The van der Waals surface area contributed by atoms with E-state index in [0.717, 1.165) is 30.7 Å². The normalized spacial score (nSPS) is 10.6. The summed E-state index contributed by atoms with van der Waals surface area (Å²) < 4.78 is 1.89. The standard InChI is InChI=1S/C11H18N2O2S/c1-9-8-10(13(2)12-9)16-7-5-3-4-6-11(14)15/h8H,3-7H2,1-2H3,(H,14,15). The molecule has 90 valence electrons. The molecule has 1 aromatic heterocycles. The summed E-state index contributed by atoms with van der Waals surface area (Å²) in [4.78, 5) is 10.3. The van der Waals surface area contributed by atoms with Gasteiger partial charge in [0, 0.05) is 13.5 Å². The molecule has 0 aliphatic carbocycles. The zero-order chi connectivity index (χ0) is 12.0. The molecule has 0 atom stereocenters. The van der Waals surface area contributed by atoms with Crippen LogP contribution in [0.3, 0.4) is 0 Å². The summed E-state index contributed by atoms with van der Waals surface area (Å²) in [6.07, 6.45) is 3.11. The molecule has 0 aromatic carbocycles. The van der Waals surface area contributed by atoms with Crippen molar-refractivity contribution in [3.8, 4) is 0 Å². The molecule has 0 bridgehead atoms. The molecule has 1 N–H and O–H groups in total. The van der Waals surface area contributed by atoms with Gasteiger partial charge in [-0.2, -0.15) is 5.10 Å². The monoisotopic (exact) mass is 242 g/mol. The van der Waals surface area contributed by atoms with Gasteiger partial charge in [-0.25, -0.2) is 0 Å². The number of rotatable bonds is 7. The van der Waals surface area contributed by atoms with Crippen LogP contribution in [0, 0.1) is 6.92 Å². The lowest BCUT2D eigenvalue weighted by Gasteiger charge is -2.01. The number of nitrogens with zero attached hydrogens (tertiary/aromatic N) is 2. The number of unbranched alkanes of at least 4 members (excludes halogenated alkanes) is 2. The van der Waals surface area contributed by atoms with Gasteiger partial charge >= 0.3 is 5.97 Å². The number of hydrogen-bond donors (Lipinski definition) is 1. The van der Waals surface area contributed by atoms with Crippen LogP contribution >= 0.6 is 11.8 Å². The van der Waals surface area contributed by atoms with E-state index in [1.807, 2.05) is 18.7 Å². The third-order valence-electron chi connectivity index (χ3n) is 2.24. The van der Waals surface area contributed by atoms with Gasteiger partial charge in [-0.15, -0.1) is 11.8 Å². The number of carboxylic acid groups (broad SMARTS) is 1. The molecule has 0 radical (unpaired) electrons. The molecule has 5 heteroatoms. The lowest BCUT2D eigenvalue weighted by molar-refractivity contribution is -0.137. The Morgan fingerprint density at radius 2 is 2.25 bits per heavy atom. The van der Waals surface area contributed by atoms with Crippen LogP contribution in [0.1, 0.15) is 31.4 Å². The van der Waals surface area contributed by atoms with Gasteiger partial charge in [0.1, 0.15) is 0 Å². The first kappa shape index (κ1) is 13.1. The van der Waals surface area contributed by atoms with Crippen molar-refractivity contribution in [2.24, 2.45) is 7.05 Å². The molecule has 16 heavy (non-hydrogen) atoms. The van der Waals surface area contributed by atoms with Crippen molar-refractivity contribution in [2.45, 2.75) is 37.6 Å². The Labute approximate surface area is 100 Å². The van der Waals surface area contributed by atoms with E-state index in [1.165, 1.54) is 5.03 Å². The summed E-state index contributed by atoms with van der Waals surface area (Å²) in [6.45, 7) is 1.98. The van der Waals surface area contributed by atoms with E-state index >= 15 is 0 Å². The minimum atomic E-state index is -0.699. The average Bonchev–Trinajstić information content (AvgIpc) is 2.50. The zero-order valence-electron chi connectivity index (χ0n) is 9.77. The van der Waals surface area contributed by atoms with Gasteiger partial charge in [0.05, 0.1) is 10.7 Å². The zero-order valence-corrected chi connectivity index (χ0v) is 10.6. The van der Waals surface area contributed by atoms with Crippen LogP contribution < -0.4 is 0 Å². The minimum Gasteiger partial charge on any atom is -0.481 e. The van der Waals surface area contributed by atoms with Crippen LogP contribution in [0.2, 0.25) is 0 Å². The second-order valence-electron chi connectivity index (χ2n) is 3.80. The van der Waals surface area contributed by atoms with Crippen LogP contribution in [0.4, 0.5) is 0 Å². The maximum absolute atomic E-state index is 10.3. The van der Waals surface area contributed by atoms with Gasteiger partial charge in [-0.3, -0.25) is 9.48 Å². The minimum absolute atomic E-state index is 0.287. The van der Waals surface area contributed by atoms with Crippen molar-refractivity contribution in [2.75, 3.05) is 5.75 Å². The Kier molecular flexibility index (Phi) is 5.38. The summed E-state index contributed by atoms with van der Waals surface area (Å²) in [5.74, 6) is 0.327. The van der Waals surface area contributed by atoms with E-state index in [4.69, 9.17) is 5.11 Å². The average molecular weight is 242 g/mol. The number of aliphatic carboxylic acids is 1. The van der Waals surface area contributed by atoms with E-state index in [2.05, 4.69) is 11.2 Å². The second-order valence-corrected chi connectivity index (χ2v) is 4.92. The molecule has 0 spiro atoms. The highest BCUT2D eigenvalue weighted by Crippen LogP contribution is 2.19. The molecule has 1 rings (SSSR count). The highest BCUT2D eigenvalue weighted by molar-refractivity contribution is 7.99. The van der Waals surface area contributed by atoms with Crippen molar-refractivity contribution in [1.82, 2.24) is 9.78 Å². The van der Waals surface area contributed by atoms with Crippen LogP contribution in [-0.2, 0) is 11.8 Å². The summed E-state index contributed by atoms with van der Waals surface area (Å²) >= 11 is 1.78. The largest absolute Gasteiger partial charge is 0.481 e. The molecule has 0 aliphatic heterocycles. The van der Waals surface area contributed by atoms with E-state index < -0.39 is 5.97 Å². The van der Waals surface area contributed by atoms with Crippen molar-refractivity contribution in [1.29, 1.82) is 0 Å². The molecule has 1 aromatic rings. The number of aryl methyl sites for hydroxylation is 2. The molecule has 4 nitrogen and oxygen atoms in total. The molecule has 0 unspecified atom stereocenters. The Bertz CT molecular complexity index is 350. The molecule has 0 saturated carbocycles. The molecule has 1 heterocycles. The number of carbonyl (C=O) groups is 1. The maximum Gasteiger partial charge on any atom is 0.303 e. The number of carboxylic acids is 1. The van der Waals surface area contributed by atoms with E-state index in [0.29, 0.717) is 0 Å². The quantitative estimate of drug-likeness (QED) is 0.589. The van der Waals surface area contributed by atoms with Crippen LogP contribution in [0.5, 0.6) is 0 Å². The topological polar surface area (TPSA) is 55.1 Å². The van der Waals surface area contributed by atoms with Crippen LogP contribution in [0.15, 0.2) is 11.1 Å². The molecule has 0 aliphatic rings. The fourth-order valence-electron chi connectivity index (χ4n) is 1.45. The summed E-state index contributed by atoms with van der Waals surface area (Å²) in [7, 11) is 1.94. The van der Waals surface area contributed by atoms with Gasteiger partial charge in [0.25, 0.3) is 0 Å². The van der Waals surface area contributed by atoms with Crippen LogP contribution in [0.25, 0.3) is 0 Å². The first-order chi connectivity index (χ1) is 7.59. The Balaban J connectivity index is 2.11. The number of hydrogen-bond acceptors (Lipinski definition) is 3. The van der Waals surface area contributed by atoms with Crippen LogP contribution in [-0.4, -0.2) is 26.6 Å². The number of thioether (sulfide) groups is 1. The van der Waals surface area contributed by atoms with Crippen molar-refractivity contribution < 1.29 is 9.90 Å². The predicted molar refractivity (Wildman–Crippen MR) is 64.8 cm³/mol. The summed E-state index contributed by atoms with van der Waals surface area (Å²) in [6, 6.07) is 2.07. The van der Waals surface area contributed by atoms with Crippen molar-refractivity contribution in [3.63, 3.8) is 0 Å². The van der Waals surface area contributed by atoms with Gasteiger partial charge in [-0.1, -0.05) is 6.42 Å². The highest BCUT2D eigenvalue weighted by Gasteiger charge is 2.02. The molecule has 0 fully saturated rings. The Morgan fingerprint density at radius 3 is 2.81 bits per heavy atom. The lowest BCUT2D eigenvalue weighted by atomic mass is 10.2. The first-order valence-corrected chi connectivity index (χ1v) is 6.43. The SMILES string of the molecule is Cc1cc(SCCCCCC(=O)O)n(C)n1. The predicted octanol–water partition coefficient (Wildman–Crippen LogP) is 2.47. The first-order valence-electron chi connectivity index (χ1n) is 5.45. The Morgan fingerprint density at radius 1 is 1.50 bits per heavy atom. The molecule has 0 saturated heterocycles. The molecular weight excluding hydrogens is 224 g/mol. The molecule has 0 amide bonds. The fourth-order valence-corrected chi connectivity index (χ4v) is 2.49. The highest BCUT2D eigenvalue weighted by atomic mass is 32.2. The lowest BCUT2D eigenvalue weighted by Crippen LogP contribution is -1.95. The third kappa shape index (κ3) is 4.70. The van der Waals surface area contributed by atoms with E-state index in [9.17, 15) is 4.79 Å². The Hall–Kier alpha value is -0.970. The molecular formula is C11H18N2O2S. The van der Waals surface area contributed by atoms with Gasteiger partial charge in [0.2, 0.25) is 0 Å². The maximum atomic E-state index is 10.3. The van der Waals surface area contributed by atoms with Gasteiger partial charge in [-0.05, 0) is 31.6 Å². The van der Waals surface area contributed by atoms with E-state index in [1.54, 1.807) is 11.8 Å². The summed E-state index contributed by atoms with van der Waals surface area (Å²) in [5.41, 5.74) is 1.04. The smallest absolute Gasteiger partial charge is 0.303 e. The summed E-state index contributed by atoms with van der Waals surface area (Å²) in [5, 5.41) is 13.9. The third-order valence-corrected chi connectivity index (χ3v) is 3.41. The van der Waals surface area contributed by atoms with E-state index in [-0.39, 0.29) is 6.42 Å². The second kappa shape index (κ2) is 6.58. The van der Waals surface area contributed by atoms with Gasteiger partial charge in [0.15, 0.2) is 0 Å².